The van der Waals surface area contributed by atoms with Crippen molar-refractivity contribution in [3.8, 4) is 0 Å². The van der Waals surface area contributed by atoms with Crippen molar-refractivity contribution in [2.75, 3.05) is 0 Å². The van der Waals surface area contributed by atoms with E-state index in [0.29, 0.717) is 0 Å². The highest BCUT2D eigenvalue weighted by Crippen LogP contribution is 2.47. The number of nitrogens with one attached hydrogen (secondary N) is 1. The Morgan fingerprint density at radius 3 is 1.44 bits per heavy atom. The van der Waals surface area contributed by atoms with E-state index in [9.17, 15) is 0 Å². The van der Waals surface area contributed by atoms with Crippen molar-refractivity contribution in [1.29, 1.82) is 0 Å². The summed E-state index contributed by atoms with van der Waals surface area (Å²) in [7, 11) is 0. The minimum atomic E-state index is -0.454. The molecule has 0 bridgehead atoms. The molecule has 0 radical (unpaired) electrons. The molecular formula is C31H23N. The Balaban J connectivity index is 1.82. The first kappa shape index (κ1) is 18.7. The number of aromatic amines is 1. The van der Waals surface area contributed by atoms with Gasteiger partial charge in [-0.2, -0.15) is 0 Å². The maximum Gasteiger partial charge on any atom is 0.0722 e. The number of benzene rings is 5. The predicted molar refractivity (Wildman–Crippen MR) is 134 cm³/mol. The number of H-pyrrole nitrogens is 1. The lowest BCUT2D eigenvalue weighted by Gasteiger charge is -2.37. The summed E-state index contributed by atoms with van der Waals surface area (Å²) < 4.78 is 0. The van der Waals surface area contributed by atoms with Gasteiger partial charge in [-0.05, 0) is 28.3 Å². The molecule has 6 aromatic rings. The highest BCUT2D eigenvalue weighted by Gasteiger charge is 2.39. The molecule has 0 spiro atoms. The van der Waals surface area contributed by atoms with Crippen LogP contribution in [0.4, 0.5) is 0 Å². The molecule has 1 heteroatoms. The van der Waals surface area contributed by atoms with Gasteiger partial charge in [0.1, 0.15) is 0 Å². The zero-order chi connectivity index (χ0) is 21.4. The van der Waals surface area contributed by atoms with Gasteiger partial charge in [0.15, 0.2) is 0 Å². The molecule has 1 heterocycles. The molecule has 0 aliphatic carbocycles. The number of aromatic nitrogens is 1. The Hall–Kier alpha value is -4.10. The second kappa shape index (κ2) is 7.55. The molecule has 0 unspecified atom stereocenters. The minimum absolute atomic E-state index is 0.454. The van der Waals surface area contributed by atoms with Gasteiger partial charge in [-0.15, -0.1) is 0 Å². The molecule has 1 N–H and O–H groups in total. The standard InChI is InChI=1S/C31H23N/c1-4-13-23(14-5-1)31(24-15-6-2-7-16-24,25-17-8-3-9-18-25)28-21-12-20-27-26-19-10-11-22-29(26)32-30(27)28/h1-22,32H. The fourth-order valence-corrected chi connectivity index (χ4v) is 5.22. The lowest BCUT2D eigenvalue weighted by atomic mass is 9.64. The highest BCUT2D eigenvalue weighted by atomic mass is 14.7. The summed E-state index contributed by atoms with van der Waals surface area (Å²) in [6.45, 7) is 0. The smallest absolute Gasteiger partial charge is 0.0722 e. The van der Waals surface area contributed by atoms with Crippen molar-refractivity contribution in [3.63, 3.8) is 0 Å². The lowest BCUT2D eigenvalue weighted by Crippen LogP contribution is -2.31. The summed E-state index contributed by atoms with van der Waals surface area (Å²) in [5.74, 6) is 0. The molecule has 0 aliphatic heterocycles. The van der Waals surface area contributed by atoms with E-state index in [0.717, 1.165) is 5.52 Å². The fraction of sp³-hybridized carbons (Fsp3) is 0.0323. The number of hydrogen-bond donors (Lipinski definition) is 1. The maximum atomic E-state index is 3.76. The SMILES string of the molecule is c1ccc(C(c2ccccc2)(c2ccccc2)c2cccc3c2[nH]c2ccccc23)cc1. The average molecular weight is 410 g/mol. The first-order valence-electron chi connectivity index (χ1n) is 11.1. The quantitative estimate of drug-likeness (QED) is 0.287. The van der Waals surface area contributed by atoms with Gasteiger partial charge in [-0.3, -0.25) is 0 Å². The summed E-state index contributed by atoms with van der Waals surface area (Å²) in [4.78, 5) is 3.76. The topological polar surface area (TPSA) is 15.8 Å². The van der Waals surface area contributed by atoms with Gasteiger partial charge in [0.25, 0.3) is 0 Å². The summed E-state index contributed by atoms with van der Waals surface area (Å²) in [6, 6.07) is 47.9. The molecule has 1 aromatic heterocycles. The van der Waals surface area contributed by atoms with Crippen molar-refractivity contribution >= 4 is 21.8 Å². The second-order valence-corrected chi connectivity index (χ2v) is 8.25. The zero-order valence-electron chi connectivity index (χ0n) is 17.7. The Kier molecular flexibility index (Phi) is 4.40. The van der Waals surface area contributed by atoms with Crippen molar-refractivity contribution < 1.29 is 0 Å². The van der Waals surface area contributed by atoms with Crippen LogP contribution in [0.25, 0.3) is 21.8 Å². The number of hydrogen-bond acceptors (Lipinski definition) is 0. The molecule has 0 amide bonds. The van der Waals surface area contributed by atoms with Crippen molar-refractivity contribution in [2.45, 2.75) is 5.41 Å². The molecule has 5 aromatic carbocycles. The molecule has 6 rings (SSSR count). The first-order chi connectivity index (χ1) is 15.9. The van der Waals surface area contributed by atoms with Crippen LogP contribution in [0.3, 0.4) is 0 Å². The Bertz CT molecular complexity index is 1400. The van der Waals surface area contributed by atoms with Gasteiger partial charge < -0.3 is 4.98 Å². The van der Waals surface area contributed by atoms with Crippen molar-refractivity contribution in [3.05, 3.63) is 156 Å². The third-order valence-corrected chi connectivity index (χ3v) is 6.57. The van der Waals surface area contributed by atoms with Gasteiger partial charge >= 0.3 is 0 Å². The molecule has 0 saturated heterocycles. The Morgan fingerprint density at radius 1 is 0.406 bits per heavy atom. The molecular weight excluding hydrogens is 386 g/mol. The monoisotopic (exact) mass is 409 g/mol. The highest BCUT2D eigenvalue weighted by molar-refractivity contribution is 6.08. The summed E-state index contributed by atoms with van der Waals surface area (Å²) in [5.41, 5.74) is 6.92. The van der Waals surface area contributed by atoms with E-state index in [2.05, 4.69) is 138 Å². The zero-order valence-corrected chi connectivity index (χ0v) is 17.7. The van der Waals surface area contributed by atoms with Crippen LogP contribution in [0.5, 0.6) is 0 Å². The van der Waals surface area contributed by atoms with Gasteiger partial charge in [-0.25, -0.2) is 0 Å². The molecule has 152 valence electrons. The number of rotatable bonds is 4. The normalized spacial score (nSPS) is 11.8. The Labute approximate surface area is 188 Å². The summed E-state index contributed by atoms with van der Waals surface area (Å²) in [5, 5.41) is 2.51. The van der Waals surface area contributed by atoms with Crippen LogP contribution < -0.4 is 0 Å². The van der Waals surface area contributed by atoms with Crippen LogP contribution in [-0.2, 0) is 5.41 Å². The molecule has 0 aliphatic rings. The maximum absolute atomic E-state index is 3.76. The van der Waals surface area contributed by atoms with Gasteiger partial charge in [-0.1, -0.05) is 127 Å². The largest absolute Gasteiger partial charge is 0.354 e. The number of para-hydroxylation sites is 2. The first-order valence-corrected chi connectivity index (χ1v) is 11.1. The van der Waals surface area contributed by atoms with Crippen molar-refractivity contribution in [1.82, 2.24) is 4.98 Å². The minimum Gasteiger partial charge on any atom is -0.354 e. The van der Waals surface area contributed by atoms with Gasteiger partial charge in [0.05, 0.1) is 10.9 Å². The van der Waals surface area contributed by atoms with Crippen molar-refractivity contribution in [2.24, 2.45) is 0 Å². The average Bonchev–Trinajstić information content (AvgIpc) is 3.26. The van der Waals surface area contributed by atoms with E-state index in [-0.39, 0.29) is 0 Å². The molecule has 1 nitrogen and oxygen atoms in total. The molecule has 0 fully saturated rings. The van der Waals surface area contributed by atoms with Crippen LogP contribution in [0.15, 0.2) is 133 Å². The summed E-state index contributed by atoms with van der Waals surface area (Å²) in [6.07, 6.45) is 0. The molecule has 0 atom stereocenters. The van der Waals surface area contributed by atoms with E-state index in [4.69, 9.17) is 0 Å². The number of fused-ring (bicyclic) bond motifs is 3. The lowest BCUT2D eigenvalue weighted by molar-refractivity contribution is 0.751. The van der Waals surface area contributed by atoms with E-state index >= 15 is 0 Å². The van der Waals surface area contributed by atoms with E-state index in [1.165, 1.54) is 38.5 Å². The van der Waals surface area contributed by atoms with Gasteiger partial charge in [0.2, 0.25) is 0 Å². The summed E-state index contributed by atoms with van der Waals surface area (Å²) >= 11 is 0. The van der Waals surface area contributed by atoms with Crippen LogP contribution in [0.1, 0.15) is 22.3 Å². The van der Waals surface area contributed by atoms with Crippen LogP contribution in [0, 0.1) is 0 Å². The molecule has 0 saturated carbocycles. The van der Waals surface area contributed by atoms with E-state index < -0.39 is 5.41 Å². The molecule has 32 heavy (non-hydrogen) atoms. The van der Waals surface area contributed by atoms with E-state index in [1.54, 1.807) is 0 Å². The van der Waals surface area contributed by atoms with E-state index in [1.807, 2.05) is 0 Å². The third kappa shape index (κ3) is 2.72. The third-order valence-electron chi connectivity index (χ3n) is 6.57. The predicted octanol–water partition coefficient (Wildman–Crippen LogP) is 7.70. The Morgan fingerprint density at radius 2 is 0.875 bits per heavy atom. The fourth-order valence-electron chi connectivity index (χ4n) is 5.22. The van der Waals surface area contributed by atoms with Crippen LogP contribution >= 0.6 is 0 Å². The van der Waals surface area contributed by atoms with Gasteiger partial charge in [0, 0.05) is 16.3 Å². The van der Waals surface area contributed by atoms with Crippen LogP contribution in [0.2, 0.25) is 0 Å². The van der Waals surface area contributed by atoms with Crippen LogP contribution in [-0.4, -0.2) is 4.98 Å². The second-order valence-electron chi connectivity index (χ2n) is 8.25.